The first kappa shape index (κ1) is 7.82. The van der Waals surface area contributed by atoms with Crippen LogP contribution in [0.15, 0.2) is 32.8 Å². The number of aromatic nitrogens is 2. The Kier molecular flexibility index (Phi) is 2.43. The summed E-state index contributed by atoms with van der Waals surface area (Å²) >= 11 is 3.31. The van der Waals surface area contributed by atoms with E-state index < -0.39 is 0 Å². The smallest absolute Gasteiger partial charge is 0.150 e. The molecule has 0 aliphatic carbocycles. The van der Waals surface area contributed by atoms with E-state index in [2.05, 4.69) is 10.1 Å². The van der Waals surface area contributed by atoms with Crippen molar-refractivity contribution in [3.63, 3.8) is 0 Å². The first-order valence-corrected chi connectivity index (χ1v) is 5.23. The third-order valence-corrected chi connectivity index (χ3v) is 3.24. The third-order valence-electron chi connectivity index (χ3n) is 1.24. The summed E-state index contributed by atoms with van der Waals surface area (Å²) in [6.07, 6.45) is 3.38. The van der Waals surface area contributed by atoms with Crippen molar-refractivity contribution in [1.82, 2.24) is 10.1 Å². The van der Waals surface area contributed by atoms with E-state index in [0.717, 1.165) is 15.8 Å². The van der Waals surface area contributed by atoms with Crippen LogP contribution in [0.5, 0.6) is 0 Å². The number of thiazole rings is 1. The Balaban J connectivity index is 1.91. The van der Waals surface area contributed by atoms with Gasteiger partial charge in [-0.05, 0) is 0 Å². The van der Waals surface area contributed by atoms with Crippen molar-refractivity contribution >= 4 is 23.1 Å². The van der Waals surface area contributed by atoms with Gasteiger partial charge in [0.25, 0.3) is 0 Å². The van der Waals surface area contributed by atoms with Crippen LogP contribution in [0.25, 0.3) is 0 Å². The molecule has 0 amide bonds. The molecule has 0 aliphatic heterocycles. The number of hydrogen-bond donors (Lipinski definition) is 0. The van der Waals surface area contributed by atoms with Gasteiger partial charge in [-0.15, -0.1) is 11.3 Å². The first-order chi connectivity index (χ1) is 5.95. The lowest BCUT2D eigenvalue weighted by Crippen LogP contribution is -1.77. The molecule has 2 aromatic rings. The van der Waals surface area contributed by atoms with E-state index in [4.69, 9.17) is 4.52 Å². The maximum absolute atomic E-state index is 4.70. The van der Waals surface area contributed by atoms with E-state index in [1.54, 1.807) is 35.6 Å². The molecule has 0 saturated carbocycles. The molecule has 0 spiro atoms. The van der Waals surface area contributed by atoms with Gasteiger partial charge in [0.15, 0.2) is 0 Å². The molecule has 3 nitrogen and oxygen atoms in total. The van der Waals surface area contributed by atoms with Gasteiger partial charge in [0.05, 0.1) is 5.69 Å². The summed E-state index contributed by atoms with van der Waals surface area (Å²) in [6, 6.07) is 1.86. The molecule has 0 aromatic carbocycles. The average molecular weight is 198 g/mol. The SMILES string of the molecule is c1csc(SCc2ccon2)n1. The van der Waals surface area contributed by atoms with Crippen molar-refractivity contribution in [3.05, 3.63) is 29.6 Å². The fourth-order valence-corrected chi connectivity index (χ4v) is 2.26. The molecule has 0 bridgehead atoms. The summed E-state index contributed by atoms with van der Waals surface area (Å²) in [7, 11) is 0. The second-order valence-electron chi connectivity index (χ2n) is 2.08. The quantitative estimate of drug-likeness (QED) is 0.710. The highest BCUT2D eigenvalue weighted by Crippen LogP contribution is 2.23. The van der Waals surface area contributed by atoms with Gasteiger partial charge in [0.2, 0.25) is 0 Å². The number of thioether (sulfide) groups is 1. The van der Waals surface area contributed by atoms with Crippen LogP contribution < -0.4 is 0 Å². The zero-order chi connectivity index (χ0) is 8.23. The summed E-state index contributed by atoms with van der Waals surface area (Å²) in [4.78, 5) is 4.14. The minimum atomic E-state index is 0.823. The summed E-state index contributed by atoms with van der Waals surface area (Å²) in [6.45, 7) is 0. The van der Waals surface area contributed by atoms with Crippen LogP contribution in [-0.4, -0.2) is 10.1 Å². The molecular weight excluding hydrogens is 192 g/mol. The van der Waals surface area contributed by atoms with Crippen molar-refractivity contribution in [2.24, 2.45) is 0 Å². The molecule has 2 aromatic heterocycles. The van der Waals surface area contributed by atoms with E-state index in [0.29, 0.717) is 0 Å². The van der Waals surface area contributed by atoms with Crippen LogP contribution in [0.4, 0.5) is 0 Å². The van der Waals surface area contributed by atoms with Crippen LogP contribution in [0, 0.1) is 0 Å². The summed E-state index contributed by atoms with van der Waals surface area (Å²) < 4.78 is 5.77. The molecule has 0 N–H and O–H groups in total. The van der Waals surface area contributed by atoms with Crippen molar-refractivity contribution in [3.8, 4) is 0 Å². The van der Waals surface area contributed by atoms with Gasteiger partial charge in [-0.25, -0.2) is 4.98 Å². The van der Waals surface area contributed by atoms with Gasteiger partial charge >= 0.3 is 0 Å². The van der Waals surface area contributed by atoms with Crippen LogP contribution >= 0.6 is 23.1 Å². The normalized spacial score (nSPS) is 10.3. The van der Waals surface area contributed by atoms with Crippen molar-refractivity contribution < 1.29 is 4.52 Å². The molecule has 0 saturated heterocycles. The molecule has 62 valence electrons. The number of rotatable bonds is 3. The lowest BCUT2D eigenvalue weighted by atomic mass is 10.5. The van der Waals surface area contributed by atoms with E-state index in [9.17, 15) is 0 Å². The lowest BCUT2D eigenvalue weighted by molar-refractivity contribution is 0.414. The summed E-state index contributed by atoms with van der Waals surface area (Å²) in [5, 5.41) is 5.76. The molecule has 2 heterocycles. The zero-order valence-corrected chi connectivity index (χ0v) is 7.77. The van der Waals surface area contributed by atoms with Crippen LogP contribution in [-0.2, 0) is 5.75 Å². The predicted octanol–water partition coefficient (Wildman–Crippen LogP) is 2.42. The minimum absolute atomic E-state index is 0.823. The standard InChI is InChI=1S/C7H6N2OS2/c1-3-10-9-6(1)5-12-7-8-2-4-11-7/h1-4H,5H2. The minimum Gasteiger partial charge on any atom is -0.364 e. The second-order valence-corrected chi connectivity index (χ2v) is 4.19. The maximum atomic E-state index is 4.70. The average Bonchev–Trinajstić information content (AvgIpc) is 2.74. The molecule has 12 heavy (non-hydrogen) atoms. The molecule has 0 unspecified atom stereocenters. The molecule has 0 aliphatic rings. The lowest BCUT2D eigenvalue weighted by Gasteiger charge is -1.90. The molecule has 0 atom stereocenters. The van der Waals surface area contributed by atoms with Gasteiger partial charge in [-0.3, -0.25) is 0 Å². The van der Waals surface area contributed by atoms with Crippen molar-refractivity contribution in [2.45, 2.75) is 10.1 Å². The Labute approximate surface area is 77.8 Å². The van der Waals surface area contributed by atoms with Crippen LogP contribution in [0.1, 0.15) is 5.69 Å². The van der Waals surface area contributed by atoms with Crippen molar-refractivity contribution in [2.75, 3.05) is 0 Å². The molecule has 0 fully saturated rings. The molecule has 2 rings (SSSR count). The zero-order valence-electron chi connectivity index (χ0n) is 6.14. The summed E-state index contributed by atoms with van der Waals surface area (Å²) in [5.41, 5.74) is 0.954. The van der Waals surface area contributed by atoms with Crippen molar-refractivity contribution in [1.29, 1.82) is 0 Å². The highest BCUT2D eigenvalue weighted by Gasteiger charge is 1.99. The Morgan fingerprint density at radius 1 is 1.58 bits per heavy atom. The van der Waals surface area contributed by atoms with E-state index in [1.807, 2.05) is 11.4 Å². The third kappa shape index (κ3) is 1.86. The Bertz CT molecular complexity index is 283. The molecule has 5 heteroatoms. The van der Waals surface area contributed by atoms with E-state index in [-0.39, 0.29) is 0 Å². The van der Waals surface area contributed by atoms with E-state index >= 15 is 0 Å². The van der Waals surface area contributed by atoms with Gasteiger partial charge < -0.3 is 4.52 Å². The molecular formula is C7H6N2OS2. The number of nitrogens with zero attached hydrogens (tertiary/aromatic N) is 2. The van der Waals surface area contributed by atoms with Crippen LogP contribution in [0.3, 0.4) is 0 Å². The summed E-state index contributed by atoms with van der Waals surface area (Å²) in [5.74, 6) is 0.823. The van der Waals surface area contributed by atoms with Gasteiger partial charge in [0, 0.05) is 23.4 Å². The Morgan fingerprint density at radius 2 is 2.58 bits per heavy atom. The van der Waals surface area contributed by atoms with Gasteiger partial charge in [-0.2, -0.15) is 0 Å². The van der Waals surface area contributed by atoms with E-state index in [1.165, 1.54) is 0 Å². The van der Waals surface area contributed by atoms with Gasteiger partial charge in [-0.1, -0.05) is 16.9 Å². The fourth-order valence-electron chi connectivity index (χ4n) is 0.729. The second kappa shape index (κ2) is 3.73. The predicted molar refractivity (Wildman–Crippen MR) is 48.2 cm³/mol. The largest absolute Gasteiger partial charge is 0.364 e. The fraction of sp³-hybridized carbons (Fsp3) is 0.143. The molecule has 0 radical (unpaired) electrons. The highest BCUT2D eigenvalue weighted by atomic mass is 32.2. The van der Waals surface area contributed by atoms with Gasteiger partial charge in [0.1, 0.15) is 10.6 Å². The Morgan fingerprint density at radius 3 is 3.25 bits per heavy atom. The number of hydrogen-bond acceptors (Lipinski definition) is 5. The maximum Gasteiger partial charge on any atom is 0.150 e. The monoisotopic (exact) mass is 198 g/mol. The Hall–Kier alpha value is -0.810. The topological polar surface area (TPSA) is 38.9 Å². The van der Waals surface area contributed by atoms with Crippen LogP contribution in [0.2, 0.25) is 0 Å². The highest BCUT2D eigenvalue weighted by molar-refractivity contribution is 8.00. The first-order valence-electron chi connectivity index (χ1n) is 3.37.